The number of hydrogen-bond donors (Lipinski definition) is 1. The van der Waals surface area contributed by atoms with Gasteiger partial charge in [0.2, 0.25) is 0 Å². The summed E-state index contributed by atoms with van der Waals surface area (Å²) in [6.07, 6.45) is 1.42. The molecule has 1 amide bonds. The van der Waals surface area contributed by atoms with E-state index in [0.717, 1.165) is 0 Å². The van der Waals surface area contributed by atoms with Gasteiger partial charge in [0, 0.05) is 11.6 Å². The number of nitrogens with one attached hydrogen (secondary N) is 1. The third-order valence-electron chi connectivity index (χ3n) is 2.47. The van der Waals surface area contributed by atoms with E-state index in [4.69, 9.17) is 11.6 Å². The molecule has 0 aliphatic heterocycles. The topological polar surface area (TPSA) is 72.7 Å². The maximum atomic E-state index is 12.1. The first-order valence-corrected chi connectivity index (χ1v) is 6.27. The summed E-state index contributed by atoms with van der Waals surface area (Å²) in [5, 5.41) is 14.3. The predicted octanol–water partition coefficient (Wildman–Crippen LogP) is 1.70. The summed E-state index contributed by atoms with van der Waals surface area (Å²) in [6, 6.07) is 4.98. The number of nitrogens with zero attached hydrogens (tertiary/aromatic N) is 4. The van der Waals surface area contributed by atoms with Gasteiger partial charge in [-0.3, -0.25) is 4.79 Å². The molecule has 0 radical (unpaired) electrons. The zero-order chi connectivity index (χ0) is 13.8. The SMILES string of the molecule is CC(C)CNC(=O)c1ccc(Cl)cc1-n1cnnn1. The molecule has 0 saturated carbocycles. The van der Waals surface area contributed by atoms with Crippen LogP contribution in [0.2, 0.25) is 5.02 Å². The number of hydrogen-bond acceptors (Lipinski definition) is 4. The molecule has 7 heteroatoms. The summed E-state index contributed by atoms with van der Waals surface area (Å²) < 4.78 is 1.41. The highest BCUT2D eigenvalue weighted by molar-refractivity contribution is 6.31. The standard InChI is InChI=1S/C12H14ClN5O/c1-8(2)6-14-12(19)10-4-3-9(13)5-11(10)18-7-15-16-17-18/h3-5,7-8H,6H2,1-2H3,(H,14,19). The van der Waals surface area contributed by atoms with E-state index in [1.165, 1.54) is 11.0 Å². The number of amides is 1. The molecule has 1 N–H and O–H groups in total. The molecule has 0 aliphatic carbocycles. The monoisotopic (exact) mass is 279 g/mol. The molecule has 0 atom stereocenters. The lowest BCUT2D eigenvalue weighted by molar-refractivity contribution is 0.0949. The van der Waals surface area contributed by atoms with Gasteiger partial charge in [-0.2, -0.15) is 4.68 Å². The van der Waals surface area contributed by atoms with Crippen LogP contribution in [-0.4, -0.2) is 32.7 Å². The number of halogens is 1. The van der Waals surface area contributed by atoms with Crippen molar-refractivity contribution in [1.29, 1.82) is 0 Å². The first-order chi connectivity index (χ1) is 9.08. The molecule has 19 heavy (non-hydrogen) atoms. The van der Waals surface area contributed by atoms with Gasteiger partial charge in [0.25, 0.3) is 5.91 Å². The first-order valence-electron chi connectivity index (χ1n) is 5.89. The van der Waals surface area contributed by atoms with Crippen LogP contribution in [0.25, 0.3) is 5.69 Å². The lowest BCUT2D eigenvalue weighted by Gasteiger charge is -2.11. The van der Waals surface area contributed by atoms with Crippen LogP contribution in [0.5, 0.6) is 0 Å². The van der Waals surface area contributed by atoms with Crippen LogP contribution in [0, 0.1) is 5.92 Å². The van der Waals surface area contributed by atoms with Crippen molar-refractivity contribution < 1.29 is 4.79 Å². The van der Waals surface area contributed by atoms with Crippen molar-refractivity contribution in [3.05, 3.63) is 35.1 Å². The predicted molar refractivity (Wildman–Crippen MR) is 71.3 cm³/mol. The fraction of sp³-hybridized carbons (Fsp3) is 0.333. The molecule has 6 nitrogen and oxygen atoms in total. The van der Waals surface area contributed by atoms with Gasteiger partial charge in [-0.25, -0.2) is 0 Å². The van der Waals surface area contributed by atoms with Crippen LogP contribution >= 0.6 is 11.6 Å². The number of carbonyl (C=O) groups excluding carboxylic acids is 1. The Balaban J connectivity index is 2.32. The molecule has 0 spiro atoms. The van der Waals surface area contributed by atoms with Crippen LogP contribution < -0.4 is 5.32 Å². The van der Waals surface area contributed by atoms with Crippen molar-refractivity contribution in [2.75, 3.05) is 6.54 Å². The maximum absolute atomic E-state index is 12.1. The van der Waals surface area contributed by atoms with Gasteiger partial charge in [0.05, 0.1) is 11.3 Å². The van der Waals surface area contributed by atoms with E-state index in [9.17, 15) is 4.79 Å². The van der Waals surface area contributed by atoms with Gasteiger partial charge in [-0.15, -0.1) is 5.10 Å². The van der Waals surface area contributed by atoms with Gasteiger partial charge in [0.1, 0.15) is 6.33 Å². The Labute approximate surface area is 115 Å². The molecule has 0 fully saturated rings. The summed E-state index contributed by atoms with van der Waals surface area (Å²) in [5.41, 5.74) is 1.04. The van der Waals surface area contributed by atoms with Crippen molar-refractivity contribution >= 4 is 17.5 Å². The average Bonchev–Trinajstić information content (AvgIpc) is 2.89. The molecular formula is C12H14ClN5O. The van der Waals surface area contributed by atoms with Crippen molar-refractivity contribution in [2.24, 2.45) is 5.92 Å². The smallest absolute Gasteiger partial charge is 0.253 e. The Morgan fingerprint density at radius 1 is 1.47 bits per heavy atom. The van der Waals surface area contributed by atoms with Crippen LogP contribution in [0.4, 0.5) is 0 Å². The Bertz CT molecular complexity index is 568. The molecule has 2 rings (SSSR count). The van der Waals surface area contributed by atoms with E-state index >= 15 is 0 Å². The maximum Gasteiger partial charge on any atom is 0.253 e. The molecule has 2 aromatic rings. The summed E-state index contributed by atoms with van der Waals surface area (Å²) in [5.74, 6) is 0.212. The van der Waals surface area contributed by atoms with Crippen molar-refractivity contribution in [3.8, 4) is 5.69 Å². The normalized spacial score (nSPS) is 10.7. The average molecular weight is 280 g/mol. The summed E-state index contributed by atoms with van der Waals surface area (Å²) >= 11 is 5.95. The zero-order valence-electron chi connectivity index (χ0n) is 10.7. The molecule has 1 heterocycles. The number of rotatable bonds is 4. The zero-order valence-corrected chi connectivity index (χ0v) is 11.4. The molecule has 0 unspecified atom stereocenters. The molecule has 0 saturated heterocycles. The first kappa shape index (κ1) is 13.5. The Kier molecular flexibility index (Phi) is 4.11. The highest BCUT2D eigenvalue weighted by Gasteiger charge is 2.14. The van der Waals surface area contributed by atoms with Crippen molar-refractivity contribution in [3.63, 3.8) is 0 Å². The number of carbonyl (C=O) groups is 1. The molecule has 1 aromatic heterocycles. The highest BCUT2D eigenvalue weighted by Crippen LogP contribution is 2.19. The molecule has 0 aliphatic rings. The van der Waals surface area contributed by atoms with Gasteiger partial charge in [0.15, 0.2) is 0 Å². The van der Waals surface area contributed by atoms with Crippen molar-refractivity contribution in [1.82, 2.24) is 25.5 Å². The largest absolute Gasteiger partial charge is 0.352 e. The van der Waals surface area contributed by atoms with E-state index in [0.29, 0.717) is 28.7 Å². The number of tetrazole rings is 1. The van der Waals surface area contributed by atoms with Crippen molar-refractivity contribution in [2.45, 2.75) is 13.8 Å². The quantitative estimate of drug-likeness (QED) is 0.924. The minimum Gasteiger partial charge on any atom is -0.352 e. The third kappa shape index (κ3) is 3.29. The van der Waals surface area contributed by atoms with Crippen LogP contribution in [0.1, 0.15) is 24.2 Å². The lowest BCUT2D eigenvalue weighted by atomic mass is 10.1. The number of benzene rings is 1. The Morgan fingerprint density at radius 3 is 2.89 bits per heavy atom. The van der Waals surface area contributed by atoms with Gasteiger partial charge < -0.3 is 5.32 Å². The second-order valence-corrected chi connectivity index (χ2v) is 4.96. The van der Waals surface area contributed by atoms with E-state index in [1.807, 2.05) is 13.8 Å². The fourth-order valence-electron chi connectivity index (χ4n) is 1.55. The van der Waals surface area contributed by atoms with E-state index in [2.05, 4.69) is 20.8 Å². The van der Waals surface area contributed by atoms with E-state index in [1.54, 1.807) is 18.2 Å². The molecule has 1 aromatic carbocycles. The van der Waals surface area contributed by atoms with Gasteiger partial charge in [-0.1, -0.05) is 25.4 Å². The Hall–Kier alpha value is -1.95. The third-order valence-corrected chi connectivity index (χ3v) is 2.71. The van der Waals surface area contributed by atoms with Gasteiger partial charge in [-0.05, 0) is 34.5 Å². The number of aromatic nitrogens is 4. The summed E-state index contributed by atoms with van der Waals surface area (Å²) in [4.78, 5) is 12.1. The van der Waals surface area contributed by atoms with E-state index < -0.39 is 0 Å². The Morgan fingerprint density at radius 2 is 2.26 bits per heavy atom. The minimum absolute atomic E-state index is 0.170. The van der Waals surface area contributed by atoms with Crippen LogP contribution in [0.15, 0.2) is 24.5 Å². The highest BCUT2D eigenvalue weighted by atomic mass is 35.5. The molecule has 100 valence electrons. The second kappa shape index (κ2) is 5.79. The lowest BCUT2D eigenvalue weighted by Crippen LogP contribution is -2.28. The van der Waals surface area contributed by atoms with Crippen LogP contribution in [0.3, 0.4) is 0 Å². The second-order valence-electron chi connectivity index (χ2n) is 4.52. The minimum atomic E-state index is -0.170. The van der Waals surface area contributed by atoms with Crippen LogP contribution in [-0.2, 0) is 0 Å². The molecule has 0 bridgehead atoms. The summed E-state index contributed by atoms with van der Waals surface area (Å²) in [6.45, 7) is 4.67. The van der Waals surface area contributed by atoms with E-state index in [-0.39, 0.29) is 5.91 Å². The van der Waals surface area contributed by atoms with Gasteiger partial charge >= 0.3 is 0 Å². The summed E-state index contributed by atoms with van der Waals surface area (Å²) in [7, 11) is 0. The fourth-order valence-corrected chi connectivity index (χ4v) is 1.72. The molecular weight excluding hydrogens is 266 g/mol.